The zero-order chi connectivity index (χ0) is 12.9. The van der Waals surface area contributed by atoms with Gasteiger partial charge in [-0.25, -0.2) is 0 Å². The summed E-state index contributed by atoms with van der Waals surface area (Å²) in [6, 6.07) is 0. The van der Waals surface area contributed by atoms with Crippen LogP contribution < -0.4 is 5.32 Å². The second kappa shape index (κ2) is 5.93. The van der Waals surface area contributed by atoms with E-state index in [1.807, 2.05) is 0 Å². The van der Waals surface area contributed by atoms with Gasteiger partial charge in [0.15, 0.2) is 0 Å². The lowest BCUT2D eigenvalue weighted by atomic mass is 10.4. The van der Waals surface area contributed by atoms with Crippen molar-refractivity contribution in [2.24, 2.45) is 0 Å². The van der Waals surface area contributed by atoms with Crippen molar-refractivity contribution >= 4 is 23.4 Å². The summed E-state index contributed by atoms with van der Waals surface area (Å²) in [6.45, 7) is -0.454. The van der Waals surface area contributed by atoms with E-state index in [0.717, 1.165) is 4.90 Å². The summed E-state index contributed by atoms with van der Waals surface area (Å²) in [4.78, 5) is 23.1. The Labute approximate surface area is 95.7 Å². The van der Waals surface area contributed by atoms with Gasteiger partial charge < -0.3 is 10.2 Å². The third-order valence-electron chi connectivity index (χ3n) is 1.58. The van der Waals surface area contributed by atoms with Gasteiger partial charge in [-0.3, -0.25) is 9.59 Å². The van der Waals surface area contributed by atoms with Gasteiger partial charge in [0, 0.05) is 7.05 Å². The van der Waals surface area contributed by atoms with Crippen LogP contribution in [0.3, 0.4) is 0 Å². The number of rotatable bonds is 4. The van der Waals surface area contributed by atoms with Crippen molar-refractivity contribution in [2.75, 3.05) is 20.1 Å². The molecular weight excluding hydrogens is 249 g/mol. The first-order valence-electron chi connectivity index (χ1n) is 4.36. The van der Waals surface area contributed by atoms with Crippen molar-refractivity contribution in [1.29, 1.82) is 0 Å². The SMILES string of the molecule is CC(Cl)C(=O)N(C)CC(=O)NCC(F)(F)F. The van der Waals surface area contributed by atoms with E-state index in [1.54, 1.807) is 5.32 Å². The number of hydrogen-bond donors (Lipinski definition) is 1. The smallest absolute Gasteiger partial charge is 0.345 e. The summed E-state index contributed by atoms with van der Waals surface area (Å²) in [5.74, 6) is -1.41. The fraction of sp³-hybridized carbons (Fsp3) is 0.750. The first-order valence-corrected chi connectivity index (χ1v) is 4.79. The number of alkyl halides is 4. The summed E-state index contributed by atoms with van der Waals surface area (Å²) in [5.41, 5.74) is 0. The molecule has 0 aliphatic carbocycles. The molecule has 0 aromatic rings. The second-order valence-electron chi connectivity index (χ2n) is 3.20. The summed E-state index contributed by atoms with van der Waals surface area (Å²) in [7, 11) is 1.29. The molecule has 1 unspecified atom stereocenters. The fourth-order valence-corrected chi connectivity index (χ4v) is 1.02. The highest BCUT2D eigenvalue weighted by Crippen LogP contribution is 2.12. The topological polar surface area (TPSA) is 49.4 Å². The number of carbonyl (C=O) groups is 2. The average molecular weight is 261 g/mol. The minimum atomic E-state index is -4.46. The standard InChI is InChI=1S/C8H12ClF3N2O2/c1-5(9)7(16)14(2)3-6(15)13-4-8(10,11)12/h5H,3-4H2,1-2H3,(H,13,15). The van der Waals surface area contributed by atoms with Crippen LogP contribution in [0.2, 0.25) is 0 Å². The van der Waals surface area contributed by atoms with Gasteiger partial charge in [0.05, 0.1) is 6.54 Å². The van der Waals surface area contributed by atoms with Crippen molar-refractivity contribution in [3.8, 4) is 0 Å². The molecule has 16 heavy (non-hydrogen) atoms. The lowest BCUT2D eigenvalue weighted by molar-refractivity contribution is -0.141. The number of nitrogens with one attached hydrogen (secondary N) is 1. The van der Waals surface area contributed by atoms with Gasteiger partial charge in [0.25, 0.3) is 0 Å². The number of amides is 2. The van der Waals surface area contributed by atoms with E-state index in [1.165, 1.54) is 14.0 Å². The Balaban J connectivity index is 4.02. The maximum Gasteiger partial charge on any atom is 0.405 e. The summed E-state index contributed by atoms with van der Waals surface area (Å²) >= 11 is 5.45. The zero-order valence-electron chi connectivity index (χ0n) is 8.77. The highest BCUT2D eigenvalue weighted by atomic mass is 35.5. The minimum Gasteiger partial charge on any atom is -0.345 e. The molecule has 0 aromatic heterocycles. The molecule has 1 atom stereocenters. The molecule has 94 valence electrons. The summed E-state index contributed by atoms with van der Waals surface area (Å²) in [5, 5.41) is 0.827. The quantitative estimate of drug-likeness (QED) is 0.759. The van der Waals surface area contributed by atoms with Crippen molar-refractivity contribution in [3.63, 3.8) is 0 Å². The maximum absolute atomic E-state index is 11.7. The van der Waals surface area contributed by atoms with Crippen molar-refractivity contribution in [2.45, 2.75) is 18.5 Å². The lowest BCUT2D eigenvalue weighted by Crippen LogP contribution is -2.43. The van der Waals surface area contributed by atoms with Gasteiger partial charge in [-0.05, 0) is 6.92 Å². The van der Waals surface area contributed by atoms with Gasteiger partial charge in [-0.1, -0.05) is 0 Å². The number of hydrogen-bond acceptors (Lipinski definition) is 2. The highest BCUT2D eigenvalue weighted by molar-refractivity contribution is 6.30. The number of halogens is 4. The van der Waals surface area contributed by atoms with E-state index in [-0.39, 0.29) is 0 Å². The number of likely N-dealkylation sites (N-methyl/N-ethyl adjacent to an activating group) is 1. The molecule has 0 saturated carbocycles. The second-order valence-corrected chi connectivity index (χ2v) is 3.86. The van der Waals surface area contributed by atoms with Crippen LogP contribution in [0.25, 0.3) is 0 Å². The van der Waals surface area contributed by atoms with E-state index < -0.39 is 36.5 Å². The maximum atomic E-state index is 11.7. The third kappa shape index (κ3) is 6.49. The van der Waals surface area contributed by atoms with E-state index in [4.69, 9.17) is 11.6 Å². The predicted octanol–water partition coefficient (Wildman–Crippen LogP) is 0.751. The average Bonchev–Trinajstić information content (AvgIpc) is 2.12. The molecule has 2 amide bonds. The van der Waals surface area contributed by atoms with Gasteiger partial charge in [0.2, 0.25) is 11.8 Å². The van der Waals surface area contributed by atoms with Crippen LogP contribution in [0, 0.1) is 0 Å². The lowest BCUT2D eigenvalue weighted by Gasteiger charge is -2.18. The number of carbonyl (C=O) groups excluding carboxylic acids is 2. The first kappa shape index (κ1) is 15.0. The molecule has 0 saturated heterocycles. The molecule has 0 heterocycles. The van der Waals surface area contributed by atoms with E-state index in [0.29, 0.717) is 0 Å². The molecule has 0 aliphatic heterocycles. The van der Waals surface area contributed by atoms with Crippen LogP contribution in [-0.4, -0.2) is 48.4 Å². The molecule has 0 aromatic carbocycles. The molecule has 0 rings (SSSR count). The molecule has 0 bridgehead atoms. The molecular formula is C8H12ClF3N2O2. The Morgan fingerprint density at radius 2 is 1.94 bits per heavy atom. The predicted molar refractivity (Wildman–Crippen MR) is 52.0 cm³/mol. The van der Waals surface area contributed by atoms with Gasteiger partial charge in [-0.2, -0.15) is 13.2 Å². The van der Waals surface area contributed by atoms with Gasteiger partial charge >= 0.3 is 6.18 Å². The van der Waals surface area contributed by atoms with Crippen LogP contribution in [-0.2, 0) is 9.59 Å². The molecule has 4 nitrogen and oxygen atoms in total. The molecule has 0 radical (unpaired) electrons. The normalized spacial score (nSPS) is 13.1. The molecule has 0 aliphatic rings. The van der Waals surface area contributed by atoms with E-state index >= 15 is 0 Å². The Morgan fingerprint density at radius 1 is 1.44 bits per heavy atom. The molecule has 8 heteroatoms. The van der Waals surface area contributed by atoms with Crippen molar-refractivity contribution in [1.82, 2.24) is 10.2 Å². The van der Waals surface area contributed by atoms with Crippen LogP contribution in [0.1, 0.15) is 6.92 Å². The van der Waals surface area contributed by atoms with Crippen molar-refractivity contribution < 1.29 is 22.8 Å². The monoisotopic (exact) mass is 260 g/mol. The fourth-order valence-electron chi connectivity index (χ4n) is 0.852. The molecule has 1 N–H and O–H groups in total. The zero-order valence-corrected chi connectivity index (χ0v) is 9.52. The Kier molecular flexibility index (Phi) is 5.57. The third-order valence-corrected chi connectivity index (χ3v) is 1.77. The highest BCUT2D eigenvalue weighted by Gasteiger charge is 2.28. The number of nitrogens with zero attached hydrogens (tertiary/aromatic N) is 1. The Morgan fingerprint density at radius 3 is 2.31 bits per heavy atom. The summed E-state index contributed by atoms with van der Waals surface area (Å²) in [6.07, 6.45) is -4.46. The first-order chi connectivity index (χ1) is 7.13. The molecule has 0 fully saturated rings. The molecule has 0 spiro atoms. The van der Waals surface area contributed by atoms with Gasteiger partial charge in [-0.15, -0.1) is 11.6 Å². The summed E-state index contributed by atoms with van der Waals surface area (Å²) < 4.78 is 35.2. The van der Waals surface area contributed by atoms with E-state index in [9.17, 15) is 22.8 Å². The van der Waals surface area contributed by atoms with Crippen LogP contribution in [0.15, 0.2) is 0 Å². The van der Waals surface area contributed by atoms with Crippen LogP contribution in [0.5, 0.6) is 0 Å². The Bertz CT molecular complexity index is 268. The largest absolute Gasteiger partial charge is 0.405 e. The van der Waals surface area contributed by atoms with Crippen molar-refractivity contribution in [3.05, 3.63) is 0 Å². The van der Waals surface area contributed by atoms with Crippen LogP contribution in [0.4, 0.5) is 13.2 Å². The minimum absolute atomic E-state index is 0.452. The van der Waals surface area contributed by atoms with Gasteiger partial charge in [0.1, 0.15) is 11.9 Å². The van der Waals surface area contributed by atoms with E-state index in [2.05, 4.69) is 0 Å². The Hall–Kier alpha value is -0.980. The van der Waals surface area contributed by atoms with Crippen LogP contribution >= 0.6 is 11.6 Å².